The van der Waals surface area contributed by atoms with Crippen molar-refractivity contribution in [2.75, 3.05) is 0 Å². The summed E-state index contributed by atoms with van der Waals surface area (Å²) in [6, 6.07) is 9.79. The summed E-state index contributed by atoms with van der Waals surface area (Å²) in [4.78, 5) is 20.9. The average Bonchev–Trinajstić information content (AvgIpc) is 2.88. The maximum absolute atomic E-state index is 12.3. The molecule has 0 spiro atoms. The van der Waals surface area contributed by atoms with Gasteiger partial charge in [0.25, 0.3) is 5.91 Å². The second kappa shape index (κ2) is 6.20. The quantitative estimate of drug-likeness (QED) is 0.805. The smallest absolute Gasteiger partial charge is 0.251 e. The Bertz CT molecular complexity index is 837. The van der Waals surface area contributed by atoms with E-state index in [-0.39, 0.29) is 5.91 Å². The lowest BCUT2D eigenvalue weighted by molar-refractivity contribution is 0.0951. The van der Waals surface area contributed by atoms with E-state index in [1.54, 1.807) is 12.4 Å². The molecule has 2 aromatic heterocycles. The van der Waals surface area contributed by atoms with Gasteiger partial charge in [-0.15, -0.1) is 0 Å². The molecule has 0 bridgehead atoms. The summed E-state index contributed by atoms with van der Waals surface area (Å²) in [5.41, 5.74) is 3.50. The molecule has 0 aliphatic heterocycles. The molecule has 0 aliphatic carbocycles. The maximum Gasteiger partial charge on any atom is 0.251 e. The number of amides is 1. The van der Waals surface area contributed by atoms with E-state index in [0.29, 0.717) is 18.2 Å². The predicted octanol–water partition coefficient (Wildman–Crippen LogP) is 3.25. The molecule has 0 unspecified atom stereocenters. The van der Waals surface area contributed by atoms with E-state index in [1.165, 1.54) is 0 Å². The fraction of sp³-hybridized carbons (Fsp3) is 0.278. The van der Waals surface area contributed by atoms with Gasteiger partial charge in [-0.05, 0) is 50.6 Å². The number of nitrogens with zero attached hydrogens (tertiary/aromatic N) is 3. The SMILES string of the molecule is Cc1nc2cc(C(=O)NCc3cccnc3)ccc2n1C(C)C. The number of aromatic nitrogens is 3. The molecule has 0 fully saturated rings. The molecule has 0 radical (unpaired) electrons. The summed E-state index contributed by atoms with van der Waals surface area (Å²) in [5.74, 6) is 0.857. The van der Waals surface area contributed by atoms with Gasteiger partial charge in [-0.1, -0.05) is 6.07 Å². The van der Waals surface area contributed by atoms with Crippen LogP contribution in [0.1, 0.15) is 41.6 Å². The molecule has 3 rings (SSSR count). The first-order valence-corrected chi connectivity index (χ1v) is 7.72. The molecule has 0 saturated carbocycles. The van der Waals surface area contributed by atoms with Crippen molar-refractivity contribution in [2.45, 2.75) is 33.4 Å². The fourth-order valence-electron chi connectivity index (χ4n) is 2.80. The molecular formula is C18H20N4O. The summed E-state index contributed by atoms with van der Waals surface area (Å²) in [6.07, 6.45) is 3.46. The van der Waals surface area contributed by atoms with Crippen LogP contribution in [0.25, 0.3) is 11.0 Å². The van der Waals surface area contributed by atoms with Crippen LogP contribution in [0.4, 0.5) is 0 Å². The zero-order valence-corrected chi connectivity index (χ0v) is 13.6. The number of carbonyl (C=O) groups excluding carboxylic acids is 1. The number of hydrogen-bond donors (Lipinski definition) is 1. The lowest BCUT2D eigenvalue weighted by atomic mass is 10.1. The number of fused-ring (bicyclic) bond motifs is 1. The molecule has 23 heavy (non-hydrogen) atoms. The molecular weight excluding hydrogens is 288 g/mol. The van der Waals surface area contributed by atoms with E-state index in [1.807, 2.05) is 37.3 Å². The lowest BCUT2D eigenvalue weighted by Crippen LogP contribution is -2.22. The first kappa shape index (κ1) is 15.2. The van der Waals surface area contributed by atoms with Crippen molar-refractivity contribution in [3.05, 3.63) is 59.7 Å². The summed E-state index contributed by atoms with van der Waals surface area (Å²) >= 11 is 0. The summed E-state index contributed by atoms with van der Waals surface area (Å²) in [5, 5.41) is 2.91. The van der Waals surface area contributed by atoms with Crippen LogP contribution in [0, 0.1) is 6.92 Å². The molecule has 5 nitrogen and oxygen atoms in total. The summed E-state index contributed by atoms with van der Waals surface area (Å²) in [6.45, 7) is 6.71. The third-order valence-corrected chi connectivity index (χ3v) is 3.82. The van der Waals surface area contributed by atoms with Crippen molar-refractivity contribution >= 4 is 16.9 Å². The molecule has 5 heteroatoms. The number of hydrogen-bond acceptors (Lipinski definition) is 3. The topological polar surface area (TPSA) is 59.8 Å². The predicted molar refractivity (Wildman–Crippen MR) is 90.3 cm³/mol. The van der Waals surface area contributed by atoms with Gasteiger partial charge in [-0.3, -0.25) is 9.78 Å². The molecule has 118 valence electrons. The van der Waals surface area contributed by atoms with Gasteiger partial charge in [-0.2, -0.15) is 0 Å². The highest BCUT2D eigenvalue weighted by Gasteiger charge is 2.13. The van der Waals surface area contributed by atoms with Crippen LogP contribution in [-0.4, -0.2) is 20.4 Å². The van der Waals surface area contributed by atoms with Crippen LogP contribution >= 0.6 is 0 Å². The highest BCUT2D eigenvalue weighted by atomic mass is 16.1. The second-order valence-electron chi connectivity index (χ2n) is 5.87. The fourth-order valence-corrected chi connectivity index (χ4v) is 2.80. The van der Waals surface area contributed by atoms with Crippen molar-refractivity contribution < 1.29 is 4.79 Å². The standard InChI is InChI=1S/C18H20N4O/c1-12(2)22-13(3)21-16-9-15(6-7-17(16)22)18(23)20-11-14-5-4-8-19-10-14/h4-10,12H,11H2,1-3H3,(H,20,23). The Morgan fingerprint density at radius 2 is 2.13 bits per heavy atom. The van der Waals surface area contributed by atoms with Gasteiger partial charge in [0.15, 0.2) is 0 Å². The lowest BCUT2D eigenvalue weighted by Gasteiger charge is -2.10. The van der Waals surface area contributed by atoms with Crippen LogP contribution in [0.2, 0.25) is 0 Å². The number of nitrogens with one attached hydrogen (secondary N) is 1. The van der Waals surface area contributed by atoms with Crippen molar-refractivity contribution in [2.24, 2.45) is 0 Å². The minimum atomic E-state index is -0.104. The molecule has 1 aromatic carbocycles. The first-order chi connectivity index (χ1) is 11.1. The average molecular weight is 308 g/mol. The Hall–Kier alpha value is -2.69. The van der Waals surface area contributed by atoms with Gasteiger partial charge in [0.05, 0.1) is 11.0 Å². The number of carbonyl (C=O) groups is 1. The van der Waals surface area contributed by atoms with E-state index in [4.69, 9.17) is 0 Å². The van der Waals surface area contributed by atoms with Crippen LogP contribution in [0.15, 0.2) is 42.7 Å². The van der Waals surface area contributed by atoms with Crippen LogP contribution < -0.4 is 5.32 Å². The minimum Gasteiger partial charge on any atom is -0.348 e. The van der Waals surface area contributed by atoms with Crippen molar-refractivity contribution in [1.82, 2.24) is 19.9 Å². The number of benzene rings is 1. The Morgan fingerprint density at radius 1 is 1.30 bits per heavy atom. The third kappa shape index (κ3) is 3.08. The number of aryl methyl sites for hydroxylation is 1. The van der Waals surface area contributed by atoms with Gasteiger partial charge >= 0.3 is 0 Å². The molecule has 0 aliphatic rings. The van der Waals surface area contributed by atoms with Crippen LogP contribution in [0.5, 0.6) is 0 Å². The molecule has 1 amide bonds. The van der Waals surface area contributed by atoms with Gasteiger partial charge in [-0.25, -0.2) is 4.98 Å². The zero-order chi connectivity index (χ0) is 16.4. The zero-order valence-electron chi connectivity index (χ0n) is 13.6. The number of pyridine rings is 1. The summed E-state index contributed by atoms with van der Waals surface area (Å²) < 4.78 is 2.17. The van der Waals surface area contributed by atoms with Crippen LogP contribution in [0.3, 0.4) is 0 Å². The summed E-state index contributed by atoms with van der Waals surface area (Å²) in [7, 11) is 0. The maximum atomic E-state index is 12.3. The van der Waals surface area contributed by atoms with Gasteiger partial charge in [0, 0.05) is 30.5 Å². The largest absolute Gasteiger partial charge is 0.348 e. The Kier molecular flexibility index (Phi) is 4.10. The molecule has 3 aromatic rings. The van der Waals surface area contributed by atoms with Crippen molar-refractivity contribution in [1.29, 1.82) is 0 Å². The van der Waals surface area contributed by atoms with Gasteiger partial charge < -0.3 is 9.88 Å². The van der Waals surface area contributed by atoms with E-state index in [0.717, 1.165) is 22.4 Å². The van der Waals surface area contributed by atoms with Crippen molar-refractivity contribution in [3.63, 3.8) is 0 Å². The Balaban J connectivity index is 1.81. The number of imidazole rings is 1. The minimum absolute atomic E-state index is 0.104. The molecule has 0 atom stereocenters. The van der Waals surface area contributed by atoms with Gasteiger partial charge in [0.1, 0.15) is 5.82 Å². The van der Waals surface area contributed by atoms with E-state index in [2.05, 4.69) is 33.7 Å². The van der Waals surface area contributed by atoms with Crippen molar-refractivity contribution in [3.8, 4) is 0 Å². The number of rotatable bonds is 4. The highest BCUT2D eigenvalue weighted by Crippen LogP contribution is 2.21. The molecule has 2 heterocycles. The highest BCUT2D eigenvalue weighted by molar-refractivity contribution is 5.97. The molecule has 0 saturated heterocycles. The third-order valence-electron chi connectivity index (χ3n) is 3.82. The second-order valence-corrected chi connectivity index (χ2v) is 5.87. The Morgan fingerprint density at radius 3 is 2.83 bits per heavy atom. The van der Waals surface area contributed by atoms with E-state index >= 15 is 0 Å². The van der Waals surface area contributed by atoms with Gasteiger partial charge in [0.2, 0.25) is 0 Å². The monoisotopic (exact) mass is 308 g/mol. The molecule has 1 N–H and O–H groups in total. The normalized spacial score (nSPS) is 11.1. The van der Waals surface area contributed by atoms with Crippen LogP contribution in [-0.2, 0) is 6.54 Å². The Labute approximate surface area is 135 Å². The van der Waals surface area contributed by atoms with E-state index in [9.17, 15) is 4.79 Å². The van der Waals surface area contributed by atoms with E-state index < -0.39 is 0 Å². The first-order valence-electron chi connectivity index (χ1n) is 7.72.